The molecule has 1 N–H and O–H groups in total. The Morgan fingerprint density at radius 3 is 2.42 bits per heavy atom. The monoisotopic (exact) mass is 263 g/mol. The minimum absolute atomic E-state index is 0.0436. The molecule has 1 atom stereocenters. The lowest BCUT2D eigenvalue weighted by molar-refractivity contribution is 0.0946. The van der Waals surface area contributed by atoms with Gasteiger partial charge in [-0.1, -0.05) is 0 Å². The molecule has 0 aliphatic heterocycles. The van der Waals surface area contributed by atoms with Crippen molar-refractivity contribution in [1.82, 2.24) is 5.32 Å². The zero-order valence-electron chi connectivity index (χ0n) is 11.9. The lowest BCUT2D eigenvalue weighted by Gasteiger charge is -2.16. The Kier molecular flexibility index (Phi) is 4.10. The van der Waals surface area contributed by atoms with Crippen LogP contribution in [-0.4, -0.2) is 32.1 Å². The predicted molar refractivity (Wildman–Crippen MR) is 74.2 cm³/mol. The van der Waals surface area contributed by atoms with E-state index < -0.39 is 0 Å². The van der Waals surface area contributed by atoms with Crippen LogP contribution in [0.1, 0.15) is 35.7 Å². The van der Waals surface area contributed by atoms with Gasteiger partial charge in [0.15, 0.2) is 5.78 Å². The van der Waals surface area contributed by atoms with Crippen LogP contribution in [0.25, 0.3) is 0 Å². The number of hydrogen-bond acceptors (Lipinski definition) is 4. The number of carbonyl (C=O) groups excluding carboxylic acids is 1. The van der Waals surface area contributed by atoms with Crippen LogP contribution in [-0.2, 0) is 0 Å². The zero-order chi connectivity index (χ0) is 14.0. The first-order valence-electron chi connectivity index (χ1n) is 6.59. The second-order valence-corrected chi connectivity index (χ2v) is 5.05. The molecule has 0 spiro atoms. The molecule has 1 aromatic rings. The molecule has 1 unspecified atom stereocenters. The van der Waals surface area contributed by atoms with Crippen molar-refractivity contribution in [3.05, 3.63) is 23.3 Å². The van der Waals surface area contributed by atoms with Crippen LogP contribution >= 0.6 is 0 Å². The number of benzene rings is 1. The number of hydrogen-bond donors (Lipinski definition) is 1. The van der Waals surface area contributed by atoms with Crippen molar-refractivity contribution in [2.24, 2.45) is 0 Å². The van der Waals surface area contributed by atoms with Crippen molar-refractivity contribution in [2.75, 3.05) is 14.2 Å². The van der Waals surface area contributed by atoms with E-state index in [-0.39, 0.29) is 11.8 Å². The summed E-state index contributed by atoms with van der Waals surface area (Å²) in [6.45, 7) is 3.83. The number of methoxy groups -OCH3 is 2. The third-order valence-electron chi connectivity index (χ3n) is 3.44. The molecule has 0 saturated heterocycles. The Hall–Kier alpha value is -1.55. The Labute approximate surface area is 114 Å². The fourth-order valence-corrected chi connectivity index (χ4v) is 2.16. The number of nitrogens with one attached hydrogen (secondary N) is 1. The maximum Gasteiger partial charge on any atom is 0.183 e. The normalized spacial score (nSPS) is 16.0. The first kappa shape index (κ1) is 13.9. The SMILES string of the molecule is COc1cc(C(=O)C(C)NC2CC2)c(OC)cc1C. The van der Waals surface area contributed by atoms with Gasteiger partial charge in [0.05, 0.1) is 25.8 Å². The van der Waals surface area contributed by atoms with Crippen molar-refractivity contribution in [1.29, 1.82) is 0 Å². The molecular weight excluding hydrogens is 242 g/mol. The van der Waals surface area contributed by atoms with Crippen LogP contribution in [0.5, 0.6) is 11.5 Å². The number of Topliss-reactive ketones (excluding diaryl/α,β-unsaturated/α-hetero) is 1. The van der Waals surface area contributed by atoms with Crippen LogP contribution in [0, 0.1) is 6.92 Å². The molecule has 2 rings (SSSR count). The topological polar surface area (TPSA) is 47.6 Å². The van der Waals surface area contributed by atoms with E-state index in [1.54, 1.807) is 20.3 Å². The summed E-state index contributed by atoms with van der Waals surface area (Å²) in [6.07, 6.45) is 2.32. The summed E-state index contributed by atoms with van der Waals surface area (Å²) in [5.41, 5.74) is 1.53. The Morgan fingerprint density at radius 2 is 1.89 bits per heavy atom. The second kappa shape index (κ2) is 5.61. The largest absolute Gasteiger partial charge is 0.496 e. The molecule has 0 heterocycles. The molecule has 104 valence electrons. The molecule has 4 heteroatoms. The van der Waals surface area contributed by atoms with Gasteiger partial charge in [-0.3, -0.25) is 4.79 Å². The van der Waals surface area contributed by atoms with E-state index in [1.807, 2.05) is 19.9 Å². The highest BCUT2D eigenvalue weighted by molar-refractivity contribution is 6.02. The number of carbonyl (C=O) groups is 1. The zero-order valence-corrected chi connectivity index (χ0v) is 11.9. The lowest BCUT2D eigenvalue weighted by atomic mass is 10.0. The second-order valence-electron chi connectivity index (χ2n) is 5.05. The fourth-order valence-electron chi connectivity index (χ4n) is 2.16. The van der Waals surface area contributed by atoms with Gasteiger partial charge in [0.2, 0.25) is 0 Å². The molecule has 0 bridgehead atoms. The maximum atomic E-state index is 12.5. The van der Waals surface area contributed by atoms with Crippen LogP contribution < -0.4 is 14.8 Å². The summed E-state index contributed by atoms with van der Waals surface area (Å²) in [5, 5.41) is 3.31. The van der Waals surface area contributed by atoms with Crippen molar-refractivity contribution in [2.45, 2.75) is 38.8 Å². The van der Waals surface area contributed by atoms with Gasteiger partial charge in [0.25, 0.3) is 0 Å². The summed E-state index contributed by atoms with van der Waals surface area (Å²) in [6, 6.07) is 3.91. The van der Waals surface area contributed by atoms with Gasteiger partial charge in [-0.15, -0.1) is 0 Å². The lowest BCUT2D eigenvalue weighted by Crippen LogP contribution is -2.35. The van der Waals surface area contributed by atoms with E-state index in [0.717, 1.165) is 18.4 Å². The van der Waals surface area contributed by atoms with Crippen molar-refractivity contribution in [3.8, 4) is 11.5 Å². The standard InChI is InChI=1S/C15H21NO3/c1-9-7-14(19-4)12(8-13(9)18-3)15(17)10(2)16-11-5-6-11/h7-8,10-11,16H,5-6H2,1-4H3. The highest BCUT2D eigenvalue weighted by Gasteiger charge is 2.27. The number of ketones is 1. The van der Waals surface area contributed by atoms with E-state index in [4.69, 9.17) is 9.47 Å². The van der Waals surface area contributed by atoms with E-state index in [0.29, 0.717) is 23.1 Å². The molecule has 1 aromatic carbocycles. The average molecular weight is 263 g/mol. The Balaban J connectivity index is 2.27. The van der Waals surface area contributed by atoms with Crippen LogP contribution in [0.2, 0.25) is 0 Å². The minimum atomic E-state index is -0.200. The van der Waals surface area contributed by atoms with Crippen LogP contribution in [0.4, 0.5) is 0 Å². The van der Waals surface area contributed by atoms with Crippen LogP contribution in [0.3, 0.4) is 0 Å². The van der Waals surface area contributed by atoms with Crippen molar-refractivity contribution < 1.29 is 14.3 Å². The molecule has 19 heavy (non-hydrogen) atoms. The van der Waals surface area contributed by atoms with Gasteiger partial charge in [0.1, 0.15) is 11.5 Å². The van der Waals surface area contributed by atoms with Gasteiger partial charge < -0.3 is 14.8 Å². The molecule has 4 nitrogen and oxygen atoms in total. The first-order chi connectivity index (χ1) is 9.06. The Morgan fingerprint density at radius 1 is 1.26 bits per heavy atom. The van der Waals surface area contributed by atoms with Crippen LogP contribution in [0.15, 0.2) is 12.1 Å². The highest BCUT2D eigenvalue weighted by atomic mass is 16.5. The van der Waals surface area contributed by atoms with Crippen molar-refractivity contribution in [3.63, 3.8) is 0 Å². The summed E-state index contributed by atoms with van der Waals surface area (Å²) in [7, 11) is 3.19. The van der Waals surface area contributed by atoms with Gasteiger partial charge in [-0.25, -0.2) is 0 Å². The molecule has 1 aliphatic carbocycles. The molecule has 1 fully saturated rings. The van der Waals surface area contributed by atoms with Gasteiger partial charge >= 0.3 is 0 Å². The summed E-state index contributed by atoms with van der Waals surface area (Å²) in [4.78, 5) is 12.5. The van der Waals surface area contributed by atoms with Crippen molar-refractivity contribution >= 4 is 5.78 Å². The minimum Gasteiger partial charge on any atom is -0.496 e. The first-order valence-corrected chi connectivity index (χ1v) is 6.59. The van der Waals surface area contributed by atoms with E-state index in [2.05, 4.69) is 5.32 Å². The summed E-state index contributed by atoms with van der Waals surface area (Å²) >= 11 is 0. The molecule has 0 radical (unpaired) electrons. The highest BCUT2D eigenvalue weighted by Crippen LogP contribution is 2.29. The third kappa shape index (κ3) is 3.07. The quantitative estimate of drug-likeness (QED) is 0.800. The Bertz CT molecular complexity index is 481. The van der Waals surface area contributed by atoms with E-state index >= 15 is 0 Å². The molecule has 1 aliphatic rings. The summed E-state index contributed by atoms with van der Waals surface area (Å²) in [5.74, 6) is 1.36. The fraction of sp³-hybridized carbons (Fsp3) is 0.533. The molecule has 1 saturated carbocycles. The number of rotatable bonds is 6. The molecular formula is C15H21NO3. The smallest absolute Gasteiger partial charge is 0.183 e. The van der Waals surface area contributed by atoms with E-state index in [1.165, 1.54) is 0 Å². The van der Waals surface area contributed by atoms with Gasteiger partial charge in [-0.2, -0.15) is 0 Å². The summed E-state index contributed by atoms with van der Waals surface area (Å²) < 4.78 is 10.6. The van der Waals surface area contributed by atoms with Gasteiger partial charge in [0, 0.05) is 6.04 Å². The third-order valence-corrected chi connectivity index (χ3v) is 3.44. The maximum absolute atomic E-state index is 12.5. The molecule has 0 amide bonds. The average Bonchev–Trinajstić information content (AvgIpc) is 3.21. The number of ether oxygens (including phenoxy) is 2. The molecule has 0 aromatic heterocycles. The van der Waals surface area contributed by atoms with Gasteiger partial charge in [-0.05, 0) is 44.4 Å². The predicted octanol–water partition coefficient (Wildman–Crippen LogP) is 2.34. The number of aryl methyl sites for hydroxylation is 1. The van der Waals surface area contributed by atoms with E-state index in [9.17, 15) is 4.79 Å².